The lowest BCUT2D eigenvalue weighted by molar-refractivity contribution is -0.137. The molecule has 0 radical (unpaired) electrons. The second-order valence-corrected chi connectivity index (χ2v) is 3.14. The number of aliphatic carboxylic acids is 1. The van der Waals surface area contributed by atoms with Crippen molar-refractivity contribution in [1.82, 2.24) is 0 Å². The third-order valence-electron chi connectivity index (χ3n) is 2.10. The lowest BCUT2D eigenvalue weighted by atomic mass is 9.93. The molecule has 0 saturated carbocycles. The maximum atomic E-state index is 10.5. The number of carboxylic acid groups (broad SMARTS) is 1. The number of hydrogen-bond donors (Lipinski definition) is 1. The van der Waals surface area contributed by atoms with Crippen LogP contribution in [-0.2, 0) is 4.79 Å². The Morgan fingerprint density at radius 2 is 2.21 bits per heavy atom. The fraction of sp³-hybridized carbons (Fsp3) is 0.273. The summed E-state index contributed by atoms with van der Waals surface area (Å²) in [5.41, 5.74) is 1.76. The lowest BCUT2D eigenvalue weighted by Crippen LogP contribution is -2.05. The zero-order valence-electron chi connectivity index (χ0n) is 7.90. The number of nitriles is 1. The summed E-state index contributed by atoms with van der Waals surface area (Å²) in [6, 6.07) is 9.37. The molecule has 0 amide bonds. The number of rotatable bonds is 3. The van der Waals surface area contributed by atoms with E-state index >= 15 is 0 Å². The van der Waals surface area contributed by atoms with E-state index < -0.39 is 11.9 Å². The number of nitrogens with zero attached hydrogens (tertiary/aromatic N) is 1. The highest BCUT2D eigenvalue weighted by Gasteiger charge is 2.15. The summed E-state index contributed by atoms with van der Waals surface area (Å²) in [6.45, 7) is 1.88. The molecule has 1 atom stereocenters. The molecular formula is C11H11NO2. The molecule has 0 aliphatic rings. The van der Waals surface area contributed by atoms with Crippen molar-refractivity contribution in [3.05, 3.63) is 35.4 Å². The van der Waals surface area contributed by atoms with Gasteiger partial charge < -0.3 is 5.11 Å². The van der Waals surface area contributed by atoms with E-state index in [1.54, 1.807) is 6.07 Å². The van der Waals surface area contributed by atoms with Crippen LogP contribution in [0.5, 0.6) is 0 Å². The van der Waals surface area contributed by atoms with E-state index in [0.29, 0.717) is 0 Å². The quantitative estimate of drug-likeness (QED) is 0.791. The average Bonchev–Trinajstić information content (AvgIpc) is 2.15. The Kier molecular flexibility index (Phi) is 3.24. The fourth-order valence-corrected chi connectivity index (χ4v) is 1.38. The molecule has 0 aliphatic carbocycles. The zero-order valence-corrected chi connectivity index (χ0v) is 7.90. The number of aryl methyl sites for hydroxylation is 1. The van der Waals surface area contributed by atoms with Crippen LogP contribution in [0.4, 0.5) is 0 Å². The van der Waals surface area contributed by atoms with E-state index in [-0.39, 0.29) is 6.42 Å². The first-order valence-corrected chi connectivity index (χ1v) is 4.32. The monoisotopic (exact) mass is 189 g/mol. The smallest absolute Gasteiger partial charge is 0.305 e. The summed E-state index contributed by atoms with van der Waals surface area (Å²) in [5.74, 6) is -1.49. The van der Waals surface area contributed by atoms with Crippen LogP contribution >= 0.6 is 0 Å². The third kappa shape index (κ3) is 2.33. The first-order chi connectivity index (χ1) is 6.65. The first-order valence-electron chi connectivity index (χ1n) is 4.32. The predicted molar refractivity (Wildman–Crippen MR) is 51.8 cm³/mol. The highest BCUT2D eigenvalue weighted by Crippen LogP contribution is 2.21. The zero-order chi connectivity index (χ0) is 10.6. The minimum Gasteiger partial charge on any atom is -0.481 e. The summed E-state index contributed by atoms with van der Waals surface area (Å²) in [6.07, 6.45) is -0.138. The van der Waals surface area contributed by atoms with Crippen LogP contribution in [0.25, 0.3) is 0 Å². The predicted octanol–water partition coefficient (Wildman–Crippen LogP) is 2.08. The molecule has 72 valence electrons. The molecule has 3 nitrogen and oxygen atoms in total. The summed E-state index contributed by atoms with van der Waals surface area (Å²) in [7, 11) is 0. The van der Waals surface area contributed by atoms with Crippen molar-refractivity contribution in [3.63, 3.8) is 0 Å². The van der Waals surface area contributed by atoms with Crippen LogP contribution in [0.2, 0.25) is 0 Å². The summed E-state index contributed by atoms with van der Waals surface area (Å²) in [4.78, 5) is 10.5. The number of hydrogen-bond acceptors (Lipinski definition) is 2. The number of carbonyl (C=O) groups is 1. The number of benzene rings is 1. The van der Waals surface area contributed by atoms with Gasteiger partial charge in [0.15, 0.2) is 0 Å². The van der Waals surface area contributed by atoms with Crippen molar-refractivity contribution in [3.8, 4) is 6.07 Å². The molecule has 0 saturated heterocycles. The maximum Gasteiger partial charge on any atom is 0.305 e. The van der Waals surface area contributed by atoms with Crippen LogP contribution in [0.3, 0.4) is 0 Å². The van der Waals surface area contributed by atoms with E-state index in [0.717, 1.165) is 11.1 Å². The summed E-state index contributed by atoms with van der Waals surface area (Å²) < 4.78 is 0. The minimum absolute atomic E-state index is 0.138. The Morgan fingerprint density at radius 1 is 1.57 bits per heavy atom. The Balaban J connectivity index is 2.96. The van der Waals surface area contributed by atoms with Crippen molar-refractivity contribution in [2.45, 2.75) is 19.3 Å². The van der Waals surface area contributed by atoms with E-state index in [1.807, 2.05) is 31.2 Å². The average molecular weight is 189 g/mol. The normalized spacial score (nSPS) is 11.7. The van der Waals surface area contributed by atoms with Crippen molar-refractivity contribution < 1.29 is 9.90 Å². The Morgan fingerprint density at radius 3 is 2.71 bits per heavy atom. The van der Waals surface area contributed by atoms with Gasteiger partial charge in [-0.3, -0.25) is 4.79 Å². The van der Waals surface area contributed by atoms with Crippen molar-refractivity contribution in [1.29, 1.82) is 5.26 Å². The Labute approximate surface area is 82.6 Å². The third-order valence-corrected chi connectivity index (χ3v) is 2.10. The largest absolute Gasteiger partial charge is 0.481 e. The van der Waals surface area contributed by atoms with Crippen molar-refractivity contribution in [2.24, 2.45) is 0 Å². The Bertz CT molecular complexity index is 379. The van der Waals surface area contributed by atoms with Gasteiger partial charge in [-0.1, -0.05) is 24.3 Å². The van der Waals surface area contributed by atoms with Crippen LogP contribution in [0.15, 0.2) is 24.3 Å². The second-order valence-electron chi connectivity index (χ2n) is 3.14. The molecular weight excluding hydrogens is 178 g/mol. The molecule has 1 rings (SSSR count). The molecule has 1 N–H and O–H groups in total. The van der Waals surface area contributed by atoms with Gasteiger partial charge in [0.2, 0.25) is 0 Å². The van der Waals surface area contributed by atoms with Crippen LogP contribution in [0, 0.1) is 18.3 Å². The van der Waals surface area contributed by atoms with Gasteiger partial charge in [0.05, 0.1) is 18.4 Å². The van der Waals surface area contributed by atoms with E-state index in [9.17, 15) is 4.79 Å². The van der Waals surface area contributed by atoms with Gasteiger partial charge >= 0.3 is 5.97 Å². The molecule has 0 bridgehead atoms. The summed E-state index contributed by atoms with van der Waals surface area (Å²) in [5, 5.41) is 17.5. The molecule has 0 aliphatic heterocycles. The highest BCUT2D eigenvalue weighted by molar-refractivity contribution is 5.68. The van der Waals surface area contributed by atoms with Crippen molar-refractivity contribution in [2.75, 3.05) is 0 Å². The number of carboxylic acids is 1. The maximum absolute atomic E-state index is 10.5. The molecule has 1 unspecified atom stereocenters. The molecule has 14 heavy (non-hydrogen) atoms. The van der Waals surface area contributed by atoms with Crippen LogP contribution in [0.1, 0.15) is 23.5 Å². The molecule has 0 aromatic heterocycles. The molecule has 0 spiro atoms. The second kappa shape index (κ2) is 4.43. The SMILES string of the molecule is Cc1ccccc1C(C#N)CC(=O)O. The van der Waals surface area contributed by atoms with E-state index in [4.69, 9.17) is 10.4 Å². The molecule has 1 aromatic carbocycles. The molecule has 0 heterocycles. The molecule has 3 heteroatoms. The standard InChI is InChI=1S/C11H11NO2/c1-8-4-2-3-5-10(8)9(7-12)6-11(13)14/h2-5,9H,6H2,1H3,(H,13,14). The van der Waals surface area contributed by atoms with Gasteiger partial charge in [-0.25, -0.2) is 0 Å². The van der Waals surface area contributed by atoms with E-state index in [1.165, 1.54) is 0 Å². The summed E-state index contributed by atoms with van der Waals surface area (Å²) >= 11 is 0. The lowest BCUT2D eigenvalue weighted by Gasteiger charge is -2.09. The minimum atomic E-state index is -0.945. The van der Waals surface area contributed by atoms with Gasteiger partial charge in [0.25, 0.3) is 0 Å². The van der Waals surface area contributed by atoms with Crippen LogP contribution in [-0.4, -0.2) is 11.1 Å². The Hall–Kier alpha value is -1.82. The van der Waals surface area contributed by atoms with Gasteiger partial charge in [-0.05, 0) is 18.1 Å². The van der Waals surface area contributed by atoms with Gasteiger partial charge in [-0.2, -0.15) is 5.26 Å². The van der Waals surface area contributed by atoms with Crippen molar-refractivity contribution >= 4 is 5.97 Å². The fourth-order valence-electron chi connectivity index (χ4n) is 1.38. The highest BCUT2D eigenvalue weighted by atomic mass is 16.4. The van der Waals surface area contributed by atoms with E-state index in [2.05, 4.69) is 0 Å². The van der Waals surface area contributed by atoms with Gasteiger partial charge in [-0.15, -0.1) is 0 Å². The molecule has 0 fully saturated rings. The van der Waals surface area contributed by atoms with Crippen LogP contribution < -0.4 is 0 Å². The first kappa shape index (κ1) is 10.3. The molecule has 1 aromatic rings. The topological polar surface area (TPSA) is 61.1 Å². The van der Waals surface area contributed by atoms with Gasteiger partial charge in [0, 0.05) is 0 Å². The van der Waals surface area contributed by atoms with Gasteiger partial charge in [0.1, 0.15) is 0 Å².